The van der Waals surface area contributed by atoms with Gasteiger partial charge in [0.25, 0.3) is 5.91 Å². The van der Waals surface area contributed by atoms with Crippen LogP contribution in [0.1, 0.15) is 48.0 Å². The van der Waals surface area contributed by atoms with Gasteiger partial charge in [0.2, 0.25) is 0 Å². The maximum atomic E-state index is 13.1. The highest BCUT2D eigenvalue weighted by atomic mass is 16.5. The first-order valence-electron chi connectivity index (χ1n) is 9.49. The van der Waals surface area contributed by atoms with Gasteiger partial charge in [0, 0.05) is 25.9 Å². The van der Waals surface area contributed by atoms with Crippen LogP contribution in [0.25, 0.3) is 0 Å². The van der Waals surface area contributed by atoms with E-state index in [4.69, 9.17) is 9.15 Å². The van der Waals surface area contributed by atoms with Crippen molar-refractivity contribution >= 4 is 5.91 Å². The van der Waals surface area contributed by atoms with Gasteiger partial charge in [-0.25, -0.2) is 0 Å². The van der Waals surface area contributed by atoms with Crippen LogP contribution in [-0.4, -0.2) is 52.9 Å². The van der Waals surface area contributed by atoms with Crippen molar-refractivity contribution in [3.8, 4) is 0 Å². The summed E-state index contributed by atoms with van der Waals surface area (Å²) in [6.45, 7) is 3.74. The first-order valence-corrected chi connectivity index (χ1v) is 9.49. The number of furan rings is 1. The zero-order chi connectivity index (χ0) is 17.8. The lowest BCUT2D eigenvalue weighted by Crippen LogP contribution is -2.37. The second-order valence-electron chi connectivity index (χ2n) is 7.08. The van der Waals surface area contributed by atoms with Crippen molar-refractivity contribution in [2.24, 2.45) is 0 Å². The Morgan fingerprint density at radius 1 is 1.35 bits per heavy atom. The molecule has 4 heterocycles. The molecule has 2 saturated heterocycles. The minimum atomic E-state index is -0.0700. The Balaban J connectivity index is 1.48. The van der Waals surface area contributed by atoms with Crippen molar-refractivity contribution in [2.45, 2.75) is 44.4 Å². The maximum Gasteiger partial charge on any atom is 0.274 e. The minimum Gasteiger partial charge on any atom is -0.467 e. The Hall–Kier alpha value is -2.12. The van der Waals surface area contributed by atoms with Gasteiger partial charge in [-0.15, -0.1) is 0 Å². The molecule has 7 nitrogen and oxygen atoms in total. The van der Waals surface area contributed by atoms with Crippen LogP contribution in [0.15, 0.2) is 35.1 Å². The molecule has 2 aliphatic rings. The average Bonchev–Trinajstić information content (AvgIpc) is 3.44. The largest absolute Gasteiger partial charge is 0.467 e. The molecule has 140 valence electrons. The zero-order valence-electron chi connectivity index (χ0n) is 15.0. The van der Waals surface area contributed by atoms with Gasteiger partial charge >= 0.3 is 0 Å². The summed E-state index contributed by atoms with van der Waals surface area (Å²) in [4.78, 5) is 14.9. The third kappa shape index (κ3) is 3.99. The molecule has 26 heavy (non-hydrogen) atoms. The van der Waals surface area contributed by atoms with Crippen LogP contribution in [0.5, 0.6) is 0 Å². The summed E-state index contributed by atoms with van der Waals surface area (Å²) in [7, 11) is 0. The number of carbonyl (C=O) groups excluding carboxylic acids is 1. The Morgan fingerprint density at radius 2 is 2.31 bits per heavy atom. The topological polar surface area (TPSA) is 72.5 Å². The SMILES string of the molecule is O=C(c1ccn(C2CCCNC2)n1)N(Cc1ccco1)CC1CCCO1. The van der Waals surface area contributed by atoms with Crippen molar-refractivity contribution in [1.82, 2.24) is 20.0 Å². The lowest BCUT2D eigenvalue weighted by atomic mass is 10.1. The van der Waals surface area contributed by atoms with Crippen molar-refractivity contribution in [2.75, 3.05) is 26.2 Å². The standard InChI is InChI=1S/C19H26N4O3/c24-19(18-7-9-23(21-18)15-4-1-8-20-12-15)22(13-16-5-2-10-25-16)14-17-6-3-11-26-17/h2,5,7,9-10,15,17,20H,1,3-4,6,8,11-14H2. The lowest BCUT2D eigenvalue weighted by Gasteiger charge is -2.24. The second-order valence-corrected chi connectivity index (χ2v) is 7.08. The molecule has 2 fully saturated rings. The molecular weight excluding hydrogens is 332 g/mol. The van der Waals surface area contributed by atoms with Crippen LogP contribution in [0.3, 0.4) is 0 Å². The van der Waals surface area contributed by atoms with E-state index < -0.39 is 0 Å². The van der Waals surface area contributed by atoms with Crippen LogP contribution in [0, 0.1) is 0 Å². The number of ether oxygens (including phenoxy) is 1. The Kier molecular flexibility index (Phi) is 5.36. The zero-order valence-corrected chi connectivity index (χ0v) is 15.0. The molecule has 2 aromatic rings. The molecule has 0 radical (unpaired) electrons. The van der Waals surface area contributed by atoms with E-state index >= 15 is 0 Å². The molecule has 0 bridgehead atoms. The predicted molar refractivity (Wildman–Crippen MR) is 95.8 cm³/mol. The van der Waals surface area contributed by atoms with Gasteiger partial charge in [0.15, 0.2) is 0 Å². The fraction of sp³-hybridized carbons (Fsp3) is 0.579. The van der Waals surface area contributed by atoms with E-state index in [0.29, 0.717) is 24.8 Å². The highest BCUT2D eigenvalue weighted by Crippen LogP contribution is 2.19. The lowest BCUT2D eigenvalue weighted by molar-refractivity contribution is 0.0486. The molecule has 2 atom stereocenters. The van der Waals surface area contributed by atoms with Crippen molar-refractivity contribution in [1.29, 1.82) is 0 Å². The van der Waals surface area contributed by atoms with Gasteiger partial charge in [-0.1, -0.05) is 0 Å². The summed E-state index contributed by atoms with van der Waals surface area (Å²) in [5, 5.41) is 7.96. The van der Waals surface area contributed by atoms with E-state index in [9.17, 15) is 4.79 Å². The Bertz CT molecular complexity index is 700. The van der Waals surface area contributed by atoms with E-state index in [1.165, 1.54) is 0 Å². The Morgan fingerprint density at radius 3 is 3.04 bits per heavy atom. The van der Waals surface area contributed by atoms with Crippen LogP contribution >= 0.6 is 0 Å². The van der Waals surface area contributed by atoms with Crippen molar-refractivity contribution < 1.29 is 13.9 Å². The van der Waals surface area contributed by atoms with Gasteiger partial charge < -0.3 is 19.4 Å². The maximum absolute atomic E-state index is 13.1. The molecule has 1 N–H and O–H groups in total. The van der Waals surface area contributed by atoms with Crippen molar-refractivity contribution in [3.63, 3.8) is 0 Å². The molecular formula is C19H26N4O3. The average molecular weight is 358 g/mol. The normalized spacial score (nSPS) is 23.2. The van der Waals surface area contributed by atoms with Gasteiger partial charge in [-0.3, -0.25) is 9.48 Å². The minimum absolute atomic E-state index is 0.0700. The second kappa shape index (κ2) is 8.05. The van der Waals surface area contributed by atoms with Crippen LogP contribution in [0.2, 0.25) is 0 Å². The molecule has 2 aromatic heterocycles. The molecule has 0 spiro atoms. The van der Waals surface area contributed by atoms with E-state index in [1.54, 1.807) is 11.2 Å². The van der Waals surface area contributed by atoms with Crippen molar-refractivity contribution in [3.05, 3.63) is 42.1 Å². The molecule has 0 aliphatic carbocycles. The monoisotopic (exact) mass is 358 g/mol. The van der Waals surface area contributed by atoms with Gasteiger partial charge in [0.1, 0.15) is 11.5 Å². The summed E-state index contributed by atoms with van der Waals surface area (Å²) in [5.74, 6) is 0.701. The van der Waals surface area contributed by atoms with Crippen LogP contribution in [-0.2, 0) is 11.3 Å². The van der Waals surface area contributed by atoms with Crippen LogP contribution in [0.4, 0.5) is 0 Å². The number of aromatic nitrogens is 2. The number of hydrogen-bond acceptors (Lipinski definition) is 5. The van der Waals surface area contributed by atoms with E-state index in [1.807, 2.05) is 29.1 Å². The highest BCUT2D eigenvalue weighted by molar-refractivity contribution is 5.92. The number of rotatable bonds is 6. The first kappa shape index (κ1) is 17.3. The number of carbonyl (C=O) groups is 1. The summed E-state index contributed by atoms with van der Waals surface area (Å²) < 4.78 is 13.1. The van der Waals surface area contributed by atoms with Gasteiger partial charge in [0.05, 0.1) is 25.0 Å². The van der Waals surface area contributed by atoms with E-state index in [-0.39, 0.29) is 12.0 Å². The van der Waals surface area contributed by atoms with Gasteiger partial charge in [-0.05, 0) is 50.4 Å². The van der Waals surface area contributed by atoms with E-state index in [0.717, 1.165) is 51.1 Å². The number of piperidine rings is 1. The third-order valence-electron chi connectivity index (χ3n) is 5.13. The summed E-state index contributed by atoms with van der Waals surface area (Å²) in [6.07, 6.45) is 7.92. The first-order chi connectivity index (χ1) is 12.8. The molecule has 2 unspecified atom stereocenters. The van der Waals surface area contributed by atoms with Crippen LogP contribution < -0.4 is 5.32 Å². The number of nitrogens with one attached hydrogen (secondary N) is 1. The number of hydrogen-bond donors (Lipinski definition) is 1. The summed E-state index contributed by atoms with van der Waals surface area (Å²) >= 11 is 0. The Labute approximate surface area is 153 Å². The van der Waals surface area contributed by atoms with E-state index in [2.05, 4.69) is 10.4 Å². The summed E-state index contributed by atoms with van der Waals surface area (Å²) in [6, 6.07) is 5.88. The summed E-state index contributed by atoms with van der Waals surface area (Å²) in [5.41, 5.74) is 0.486. The molecule has 1 amide bonds. The fourth-order valence-corrected chi connectivity index (χ4v) is 3.72. The molecule has 0 aromatic carbocycles. The highest BCUT2D eigenvalue weighted by Gasteiger charge is 2.26. The third-order valence-corrected chi connectivity index (χ3v) is 5.13. The number of nitrogens with zero attached hydrogens (tertiary/aromatic N) is 3. The molecule has 0 saturated carbocycles. The molecule has 2 aliphatic heterocycles. The molecule has 7 heteroatoms. The smallest absolute Gasteiger partial charge is 0.274 e. The quantitative estimate of drug-likeness (QED) is 0.857. The number of amides is 1. The predicted octanol–water partition coefficient (Wildman–Crippen LogP) is 2.22. The van der Waals surface area contributed by atoms with Gasteiger partial charge in [-0.2, -0.15) is 5.10 Å². The fourth-order valence-electron chi connectivity index (χ4n) is 3.72. The molecule has 4 rings (SSSR count).